The summed E-state index contributed by atoms with van der Waals surface area (Å²) in [5, 5.41) is 11.2. The molecule has 2 aliphatic heterocycles. The van der Waals surface area contributed by atoms with E-state index in [0.29, 0.717) is 19.3 Å². The number of aliphatic hydroxyl groups is 1. The van der Waals surface area contributed by atoms with Crippen LogP contribution in [0.3, 0.4) is 0 Å². The second kappa shape index (κ2) is 7.51. The van der Waals surface area contributed by atoms with Crippen LogP contribution in [0.1, 0.15) is 32.1 Å². The number of fused-ring (bicyclic) bond motifs is 3. The van der Waals surface area contributed by atoms with E-state index in [1.807, 2.05) is 0 Å². The molecular weight excluding hydrogens is 364 g/mol. The van der Waals surface area contributed by atoms with E-state index in [0.717, 1.165) is 32.1 Å². The number of carbonyl (C=O) groups is 1. The molecule has 2 heterocycles. The van der Waals surface area contributed by atoms with Crippen molar-refractivity contribution in [3.05, 3.63) is 0 Å². The zero-order valence-electron chi connectivity index (χ0n) is 16.7. The summed E-state index contributed by atoms with van der Waals surface area (Å²) in [4.78, 5) is 12.7. The molecular formula is C21H32O7. The fourth-order valence-electron chi connectivity index (χ4n) is 7.12. The molecule has 0 spiro atoms. The Morgan fingerprint density at radius 3 is 2.39 bits per heavy atom. The van der Waals surface area contributed by atoms with Gasteiger partial charge in [-0.3, -0.25) is 4.79 Å². The van der Waals surface area contributed by atoms with Crippen LogP contribution in [0.15, 0.2) is 0 Å². The van der Waals surface area contributed by atoms with Crippen LogP contribution in [0, 0.1) is 35.5 Å². The van der Waals surface area contributed by atoms with Gasteiger partial charge in [-0.15, -0.1) is 0 Å². The summed E-state index contributed by atoms with van der Waals surface area (Å²) in [6.07, 6.45) is 4.33. The largest absolute Gasteiger partial charge is 0.465 e. The molecule has 0 bridgehead atoms. The maximum absolute atomic E-state index is 12.7. The summed E-state index contributed by atoms with van der Waals surface area (Å²) in [6, 6.07) is 0. The number of esters is 1. The van der Waals surface area contributed by atoms with Crippen molar-refractivity contribution in [3.8, 4) is 0 Å². The van der Waals surface area contributed by atoms with Crippen molar-refractivity contribution in [2.45, 2.75) is 62.6 Å². The molecule has 1 N–H and O–H groups in total. The molecule has 2 saturated heterocycles. The molecule has 11 atom stereocenters. The lowest BCUT2D eigenvalue weighted by molar-refractivity contribution is -0.171. The molecule has 5 aliphatic rings. The number of rotatable bonds is 3. The maximum atomic E-state index is 12.7. The zero-order valence-corrected chi connectivity index (χ0v) is 16.7. The molecule has 5 fully saturated rings. The lowest BCUT2D eigenvalue weighted by Crippen LogP contribution is -2.58. The lowest BCUT2D eigenvalue weighted by Gasteiger charge is -2.54. The Morgan fingerprint density at radius 1 is 0.929 bits per heavy atom. The third-order valence-corrected chi connectivity index (χ3v) is 8.40. The van der Waals surface area contributed by atoms with Crippen LogP contribution >= 0.6 is 0 Å². The van der Waals surface area contributed by atoms with Gasteiger partial charge < -0.3 is 28.8 Å². The average Bonchev–Trinajstić information content (AvgIpc) is 3.34. The van der Waals surface area contributed by atoms with E-state index in [9.17, 15) is 9.90 Å². The highest BCUT2D eigenvalue weighted by Crippen LogP contribution is 2.56. The average molecular weight is 396 g/mol. The predicted molar refractivity (Wildman–Crippen MR) is 97.2 cm³/mol. The summed E-state index contributed by atoms with van der Waals surface area (Å²) < 4.78 is 28.4. The number of cyclic esters (lactones) is 1. The highest BCUT2D eigenvalue weighted by Gasteiger charge is 2.60. The predicted octanol–water partition coefficient (Wildman–Crippen LogP) is 1.36. The Kier molecular flexibility index (Phi) is 5.16. The monoisotopic (exact) mass is 396 g/mol. The maximum Gasteiger partial charge on any atom is 0.309 e. The van der Waals surface area contributed by atoms with Crippen LogP contribution in [0.2, 0.25) is 0 Å². The van der Waals surface area contributed by atoms with Crippen molar-refractivity contribution in [1.29, 1.82) is 0 Å². The quantitative estimate of drug-likeness (QED) is 0.721. The molecule has 0 aromatic heterocycles. The fraction of sp³-hybridized carbons (Fsp3) is 0.952. The summed E-state index contributed by atoms with van der Waals surface area (Å²) in [7, 11) is 3.44. The third kappa shape index (κ3) is 2.93. The first-order valence-electron chi connectivity index (χ1n) is 10.8. The normalized spacial score (nSPS) is 53.2. The van der Waals surface area contributed by atoms with Crippen molar-refractivity contribution in [2.75, 3.05) is 27.6 Å². The second-order valence-corrected chi connectivity index (χ2v) is 9.34. The smallest absolute Gasteiger partial charge is 0.309 e. The Balaban J connectivity index is 1.46. The molecule has 0 amide bonds. The van der Waals surface area contributed by atoms with Crippen LogP contribution in [-0.2, 0) is 28.5 Å². The molecule has 158 valence electrons. The number of hydrogen-bond donors (Lipinski definition) is 1. The SMILES string of the molecule is COC1CC2C(O)C3COC(=O)C3C(C3CCC4OCOC4C3)C2CC1OC. The number of hydrogen-bond acceptors (Lipinski definition) is 7. The fourth-order valence-corrected chi connectivity index (χ4v) is 7.12. The molecule has 3 aliphatic carbocycles. The van der Waals surface area contributed by atoms with Crippen molar-refractivity contribution in [1.82, 2.24) is 0 Å². The van der Waals surface area contributed by atoms with Gasteiger partial charge in [-0.25, -0.2) is 0 Å². The molecule has 7 heteroatoms. The van der Waals surface area contributed by atoms with Gasteiger partial charge in [-0.05, 0) is 55.8 Å². The number of carbonyl (C=O) groups excluding carboxylic acids is 1. The Morgan fingerprint density at radius 2 is 1.64 bits per heavy atom. The first kappa shape index (κ1) is 19.2. The highest BCUT2D eigenvalue weighted by molar-refractivity contribution is 5.75. The van der Waals surface area contributed by atoms with E-state index in [4.69, 9.17) is 23.7 Å². The molecule has 7 nitrogen and oxygen atoms in total. The Bertz CT molecular complexity index is 597. The molecule has 5 rings (SSSR count). The van der Waals surface area contributed by atoms with Gasteiger partial charge in [0.25, 0.3) is 0 Å². The summed E-state index contributed by atoms with van der Waals surface area (Å²) >= 11 is 0. The summed E-state index contributed by atoms with van der Waals surface area (Å²) in [5.74, 6) is 0.510. The standard InChI is InChI=1S/C21H32O7/c1-24-15-6-11-12(7-16(15)25-2)20(22)13-8-26-21(23)19(13)18(11)10-3-4-14-17(5-10)28-9-27-14/h10-20,22H,3-9H2,1-2H3. The van der Waals surface area contributed by atoms with Gasteiger partial charge in [0.1, 0.15) is 6.79 Å². The minimum Gasteiger partial charge on any atom is -0.465 e. The van der Waals surface area contributed by atoms with Crippen molar-refractivity contribution in [3.63, 3.8) is 0 Å². The number of aliphatic hydroxyl groups excluding tert-OH is 1. The van der Waals surface area contributed by atoms with Gasteiger partial charge >= 0.3 is 5.97 Å². The van der Waals surface area contributed by atoms with Crippen molar-refractivity contribution in [2.24, 2.45) is 35.5 Å². The van der Waals surface area contributed by atoms with E-state index in [2.05, 4.69) is 0 Å². The van der Waals surface area contributed by atoms with Crippen molar-refractivity contribution < 1.29 is 33.6 Å². The van der Waals surface area contributed by atoms with Gasteiger partial charge in [0, 0.05) is 20.1 Å². The first-order valence-corrected chi connectivity index (χ1v) is 10.8. The van der Waals surface area contributed by atoms with Crippen LogP contribution in [-0.4, -0.2) is 69.2 Å². The topological polar surface area (TPSA) is 83.5 Å². The number of ether oxygens (including phenoxy) is 5. The van der Waals surface area contributed by atoms with E-state index < -0.39 is 6.10 Å². The van der Waals surface area contributed by atoms with Crippen LogP contribution in [0.5, 0.6) is 0 Å². The first-order chi connectivity index (χ1) is 13.6. The zero-order chi connectivity index (χ0) is 19.4. The summed E-state index contributed by atoms with van der Waals surface area (Å²) in [5.41, 5.74) is 0. The highest BCUT2D eigenvalue weighted by atomic mass is 16.7. The molecule has 0 aromatic rings. The lowest BCUT2D eigenvalue weighted by atomic mass is 9.52. The minimum atomic E-state index is -0.518. The van der Waals surface area contributed by atoms with Gasteiger partial charge in [-0.2, -0.15) is 0 Å². The van der Waals surface area contributed by atoms with E-state index >= 15 is 0 Å². The molecule has 0 radical (unpaired) electrons. The molecule has 28 heavy (non-hydrogen) atoms. The van der Waals surface area contributed by atoms with Crippen molar-refractivity contribution >= 4 is 5.97 Å². The van der Waals surface area contributed by atoms with Crippen LogP contribution in [0.4, 0.5) is 0 Å². The molecule has 3 saturated carbocycles. The van der Waals surface area contributed by atoms with E-state index in [-0.39, 0.29) is 60.0 Å². The molecule has 0 aromatic carbocycles. The Hall–Kier alpha value is -0.730. The van der Waals surface area contributed by atoms with Gasteiger partial charge in [0.05, 0.1) is 43.0 Å². The van der Waals surface area contributed by atoms with Gasteiger partial charge in [-0.1, -0.05) is 0 Å². The minimum absolute atomic E-state index is 0.00248. The van der Waals surface area contributed by atoms with Gasteiger partial charge in [0.15, 0.2) is 0 Å². The number of methoxy groups -OCH3 is 2. The third-order valence-electron chi connectivity index (χ3n) is 8.40. The Labute approximate surface area is 166 Å². The van der Waals surface area contributed by atoms with Crippen LogP contribution in [0.25, 0.3) is 0 Å². The van der Waals surface area contributed by atoms with E-state index in [1.165, 1.54) is 0 Å². The van der Waals surface area contributed by atoms with Gasteiger partial charge in [0.2, 0.25) is 0 Å². The molecule has 11 unspecified atom stereocenters. The van der Waals surface area contributed by atoms with E-state index in [1.54, 1.807) is 14.2 Å². The summed E-state index contributed by atoms with van der Waals surface area (Å²) in [6.45, 7) is 0.723. The second-order valence-electron chi connectivity index (χ2n) is 9.34. The van der Waals surface area contributed by atoms with Crippen LogP contribution < -0.4 is 0 Å².